The molecule has 0 aliphatic carbocycles. The fourth-order valence-electron chi connectivity index (χ4n) is 1.77. The molecule has 6 heteroatoms. The summed E-state index contributed by atoms with van der Waals surface area (Å²) >= 11 is 0. The van der Waals surface area contributed by atoms with E-state index in [1.165, 1.54) is 0 Å². The molecule has 1 aromatic rings. The molecule has 0 amide bonds. The van der Waals surface area contributed by atoms with Gasteiger partial charge in [0.1, 0.15) is 0 Å². The molecule has 4 N–H and O–H groups in total. The Labute approximate surface area is 102 Å². The van der Waals surface area contributed by atoms with Gasteiger partial charge in [-0.2, -0.15) is 0 Å². The van der Waals surface area contributed by atoms with Gasteiger partial charge in [-0.05, 0) is 44.0 Å². The minimum absolute atomic E-state index is 0.229. The first-order chi connectivity index (χ1) is 7.77. The summed E-state index contributed by atoms with van der Waals surface area (Å²) in [5.41, 5.74) is 7.37. The third-order valence-electron chi connectivity index (χ3n) is 2.38. The maximum Gasteiger partial charge on any atom is 0.241 e. The molecule has 0 aromatic heterocycles. The Morgan fingerprint density at radius 1 is 1.35 bits per heavy atom. The molecule has 0 spiro atoms. The quantitative estimate of drug-likeness (QED) is 0.687. The van der Waals surface area contributed by atoms with Gasteiger partial charge in [0.25, 0.3) is 0 Å². The van der Waals surface area contributed by atoms with Gasteiger partial charge in [-0.25, -0.2) is 13.1 Å². The molecule has 0 saturated carbocycles. The molecule has 0 unspecified atom stereocenters. The molecule has 5 nitrogen and oxygen atoms in total. The smallest absolute Gasteiger partial charge is 0.241 e. The second-order valence-corrected chi connectivity index (χ2v) is 5.84. The fourth-order valence-corrected chi connectivity index (χ4v) is 3.46. The van der Waals surface area contributed by atoms with Gasteiger partial charge in [-0.15, -0.1) is 0 Å². The average molecular weight is 258 g/mol. The van der Waals surface area contributed by atoms with Crippen LogP contribution in [0.5, 0.6) is 0 Å². The van der Waals surface area contributed by atoms with Crippen molar-refractivity contribution in [2.75, 3.05) is 12.3 Å². The molecular formula is C11H18N2O3S. The second kappa shape index (κ2) is 5.03. The van der Waals surface area contributed by atoms with Gasteiger partial charge in [-0.3, -0.25) is 0 Å². The Morgan fingerprint density at radius 3 is 2.24 bits per heavy atom. The van der Waals surface area contributed by atoms with Crippen molar-refractivity contribution in [2.45, 2.75) is 31.7 Å². The number of nitrogens with two attached hydrogens (primary N) is 1. The van der Waals surface area contributed by atoms with Crippen LogP contribution in [0.1, 0.15) is 18.1 Å². The van der Waals surface area contributed by atoms with Crippen LogP contribution in [-0.2, 0) is 10.0 Å². The van der Waals surface area contributed by atoms with Crippen LogP contribution in [0.2, 0.25) is 0 Å². The highest BCUT2D eigenvalue weighted by atomic mass is 32.2. The Bertz CT molecular complexity index is 488. The SMILES string of the molecule is Cc1cc(N)cc(C)c1S(=O)(=O)N[C@@H](C)CO. The van der Waals surface area contributed by atoms with Crippen molar-refractivity contribution in [1.29, 1.82) is 0 Å². The van der Waals surface area contributed by atoms with Crippen LogP contribution < -0.4 is 10.5 Å². The topological polar surface area (TPSA) is 92.4 Å². The molecule has 96 valence electrons. The van der Waals surface area contributed by atoms with Crippen LogP contribution in [0.15, 0.2) is 17.0 Å². The molecule has 0 fully saturated rings. The number of anilines is 1. The lowest BCUT2D eigenvalue weighted by Gasteiger charge is -2.15. The van der Waals surface area contributed by atoms with Crippen molar-refractivity contribution in [1.82, 2.24) is 4.72 Å². The summed E-state index contributed by atoms with van der Waals surface area (Å²) in [6.45, 7) is 4.74. The first kappa shape index (κ1) is 14.0. The number of aryl methyl sites for hydroxylation is 2. The Morgan fingerprint density at radius 2 is 1.82 bits per heavy atom. The van der Waals surface area contributed by atoms with Crippen LogP contribution in [0, 0.1) is 13.8 Å². The van der Waals surface area contributed by atoms with E-state index in [1.807, 2.05) is 0 Å². The van der Waals surface area contributed by atoms with E-state index in [0.717, 1.165) is 0 Å². The van der Waals surface area contributed by atoms with E-state index in [1.54, 1.807) is 32.9 Å². The van der Waals surface area contributed by atoms with Gasteiger partial charge in [0.2, 0.25) is 10.0 Å². The molecule has 1 rings (SSSR count). The molecule has 17 heavy (non-hydrogen) atoms. The number of aliphatic hydroxyl groups excluding tert-OH is 1. The van der Waals surface area contributed by atoms with Gasteiger partial charge in [0, 0.05) is 11.7 Å². The van der Waals surface area contributed by atoms with Crippen LogP contribution in [0.25, 0.3) is 0 Å². The maximum absolute atomic E-state index is 12.1. The predicted octanol–water partition coefficient (Wildman–Crippen LogP) is 0.545. The predicted molar refractivity (Wildman–Crippen MR) is 67.2 cm³/mol. The summed E-state index contributed by atoms with van der Waals surface area (Å²) in [7, 11) is -3.62. The molecule has 0 radical (unpaired) electrons. The number of nitrogen functional groups attached to an aromatic ring is 1. The van der Waals surface area contributed by atoms with E-state index < -0.39 is 16.1 Å². The summed E-state index contributed by atoms with van der Waals surface area (Å²) in [4.78, 5) is 0.229. The van der Waals surface area contributed by atoms with E-state index in [-0.39, 0.29) is 11.5 Å². The number of hydrogen-bond donors (Lipinski definition) is 3. The van der Waals surface area contributed by atoms with E-state index in [4.69, 9.17) is 10.8 Å². The maximum atomic E-state index is 12.1. The van der Waals surface area contributed by atoms with Crippen molar-refractivity contribution in [3.63, 3.8) is 0 Å². The summed E-state index contributed by atoms with van der Waals surface area (Å²) in [5, 5.41) is 8.88. The number of nitrogens with one attached hydrogen (secondary N) is 1. The van der Waals surface area contributed by atoms with Crippen LogP contribution >= 0.6 is 0 Å². The average Bonchev–Trinajstić information content (AvgIpc) is 2.14. The highest BCUT2D eigenvalue weighted by Gasteiger charge is 2.21. The Balaban J connectivity index is 3.25. The Kier molecular flexibility index (Phi) is 4.13. The molecule has 0 aliphatic heterocycles. The largest absolute Gasteiger partial charge is 0.399 e. The fraction of sp³-hybridized carbons (Fsp3) is 0.455. The normalized spacial score (nSPS) is 13.6. The zero-order valence-electron chi connectivity index (χ0n) is 10.2. The number of benzene rings is 1. The summed E-state index contributed by atoms with van der Waals surface area (Å²) < 4.78 is 26.6. The molecule has 0 heterocycles. The van der Waals surface area contributed by atoms with Gasteiger partial charge >= 0.3 is 0 Å². The van der Waals surface area contributed by atoms with Crippen LogP contribution in [-0.4, -0.2) is 26.2 Å². The first-order valence-corrected chi connectivity index (χ1v) is 6.76. The number of sulfonamides is 1. The molecule has 0 bridgehead atoms. The van der Waals surface area contributed by atoms with Gasteiger partial charge in [-0.1, -0.05) is 0 Å². The van der Waals surface area contributed by atoms with Gasteiger partial charge < -0.3 is 10.8 Å². The van der Waals surface area contributed by atoms with Crippen molar-refractivity contribution in [3.8, 4) is 0 Å². The Hall–Kier alpha value is -1.11. The highest BCUT2D eigenvalue weighted by molar-refractivity contribution is 7.89. The van der Waals surface area contributed by atoms with E-state index in [2.05, 4.69) is 4.72 Å². The molecule has 1 atom stereocenters. The van der Waals surface area contributed by atoms with Gasteiger partial charge in [0.15, 0.2) is 0 Å². The first-order valence-electron chi connectivity index (χ1n) is 5.28. The lowest BCUT2D eigenvalue weighted by Crippen LogP contribution is -2.35. The van der Waals surface area contributed by atoms with Crippen molar-refractivity contribution < 1.29 is 13.5 Å². The molecule has 0 saturated heterocycles. The van der Waals surface area contributed by atoms with E-state index in [0.29, 0.717) is 16.8 Å². The lowest BCUT2D eigenvalue weighted by atomic mass is 10.1. The molecule has 0 aliphatic rings. The standard InChI is InChI=1S/C11H18N2O3S/c1-7-4-10(12)5-8(2)11(7)17(15,16)13-9(3)6-14/h4-5,9,13-14H,6,12H2,1-3H3/t9-/m0/s1. The van der Waals surface area contributed by atoms with Gasteiger partial charge in [0.05, 0.1) is 11.5 Å². The second-order valence-electron chi connectivity index (χ2n) is 4.19. The zero-order chi connectivity index (χ0) is 13.2. The zero-order valence-corrected chi connectivity index (χ0v) is 11.0. The third kappa shape index (κ3) is 3.18. The molecular weight excluding hydrogens is 240 g/mol. The van der Waals surface area contributed by atoms with Crippen molar-refractivity contribution in [3.05, 3.63) is 23.3 Å². The number of aliphatic hydroxyl groups is 1. The summed E-state index contributed by atoms with van der Waals surface area (Å²) in [6, 6.07) is 2.72. The minimum Gasteiger partial charge on any atom is -0.399 e. The lowest BCUT2D eigenvalue weighted by molar-refractivity contribution is 0.265. The summed E-state index contributed by atoms with van der Waals surface area (Å²) in [6.07, 6.45) is 0. The van der Waals surface area contributed by atoms with E-state index >= 15 is 0 Å². The number of hydrogen-bond acceptors (Lipinski definition) is 4. The monoisotopic (exact) mass is 258 g/mol. The third-order valence-corrected chi connectivity index (χ3v) is 4.28. The van der Waals surface area contributed by atoms with E-state index in [9.17, 15) is 8.42 Å². The minimum atomic E-state index is -3.62. The van der Waals surface area contributed by atoms with Crippen molar-refractivity contribution in [2.24, 2.45) is 0 Å². The van der Waals surface area contributed by atoms with Crippen LogP contribution in [0.3, 0.4) is 0 Å². The molecule has 1 aromatic carbocycles. The van der Waals surface area contributed by atoms with Crippen molar-refractivity contribution >= 4 is 15.7 Å². The summed E-state index contributed by atoms with van der Waals surface area (Å²) in [5.74, 6) is 0. The van der Waals surface area contributed by atoms with Crippen LogP contribution in [0.4, 0.5) is 5.69 Å². The number of rotatable bonds is 4. The highest BCUT2D eigenvalue weighted by Crippen LogP contribution is 2.22.